The largest absolute Gasteiger partial charge is 0.361 e. The predicted octanol–water partition coefficient (Wildman–Crippen LogP) is 1.000. The van der Waals surface area contributed by atoms with Gasteiger partial charge in [-0.15, -0.1) is 0 Å². The van der Waals surface area contributed by atoms with Crippen LogP contribution in [0.15, 0.2) is 10.6 Å². The van der Waals surface area contributed by atoms with Crippen LogP contribution in [0.4, 0.5) is 0 Å². The summed E-state index contributed by atoms with van der Waals surface area (Å²) in [6, 6.07) is 1.64. The summed E-state index contributed by atoms with van der Waals surface area (Å²) < 4.78 is 31.6. The second kappa shape index (κ2) is 5.16. The highest BCUT2D eigenvalue weighted by molar-refractivity contribution is 7.86. The third-order valence-electron chi connectivity index (χ3n) is 2.55. The van der Waals surface area contributed by atoms with E-state index < -0.39 is 10.2 Å². The zero-order valence-corrected chi connectivity index (χ0v) is 11.7. The fraction of sp³-hybridized carbons (Fsp3) is 0.700. The summed E-state index contributed by atoms with van der Waals surface area (Å²) >= 11 is 0. The normalized spacial score (nSPS) is 12.9. The molecule has 6 nitrogen and oxygen atoms in total. The maximum atomic E-state index is 12.1. The van der Waals surface area contributed by atoms with Gasteiger partial charge in [-0.05, 0) is 20.8 Å². The Kier molecular flexibility index (Phi) is 4.29. The lowest BCUT2D eigenvalue weighted by Gasteiger charge is -2.26. The lowest BCUT2D eigenvalue weighted by atomic mass is 10.4. The van der Waals surface area contributed by atoms with Gasteiger partial charge >= 0.3 is 0 Å². The van der Waals surface area contributed by atoms with E-state index in [4.69, 9.17) is 4.52 Å². The minimum atomic E-state index is -3.44. The summed E-state index contributed by atoms with van der Waals surface area (Å²) in [4.78, 5) is 0. The average molecular weight is 261 g/mol. The molecule has 0 radical (unpaired) electrons. The molecule has 1 rings (SSSR count). The second-order valence-corrected chi connectivity index (χ2v) is 6.40. The van der Waals surface area contributed by atoms with Crippen molar-refractivity contribution in [3.8, 4) is 0 Å². The first-order chi connectivity index (χ1) is 7.75. The number of nitrogens with zero attached hydrogens (tertiary/aromatic N) is 3. The van der Waals surface area contributed by atoms with E-state index in [1.165, 1.54) is 15.7 Å². The van der Waals surface area contributed by atoms with Crippen molar-refractivity contribution in [1.82, 2.24) is 13.8 Å². The molecule has 1 heterocycles. The first-order valence-electron chi connectivity index (χ1n) is 5.36. The van der Waals surface area contributed by atoms with Crippen molar-refractivity contribution in [3.05, 3.63) is 17.5 Å². The van der Waals surface area contributed by atoms with Crippen molar-refractivity contribution in [1.29, 1.82) is 0 Å². The van der Waals surface area contributed by atoms with Gasteiger partial charge in [0, 0.05) is 26.2 Å². The molecular weight excluding hydrogens is 242 g/mol. The highest BCUT2D eigenvalue weighted by atomic mass is 32.2. The zero-order chi connectivity index (χ0) is 13.2. The van der Waals surface area contributed by atoms with Gasteiger partial charge in [-0.25, -0.2) is 0 Å². The van der Waals surface area contributed by atoms with Crippen LogP contribution in [0.5, 0.6) is 0 Å². The van der Waals surface area contributed by atoms with Crippen molar-refractivity contribution >= 4 is 10.2 Å². The summed E-state index contributed by atoms with van der Waals surface area (Å²) in [5.74, 6) is 0.669. The van der Waals surface area contributed by atoms with Crippen molar-refractivity contribution < 1.29 is 12.9 Å². The van der Waals surface area contributed by atoms with E-state index in [1.54, 1.807) is 20.0 Å². The molecule has 1 aromatic heterocycles. The smallest absolute Gasteiger partial charge is 0.282 e. The number of aromatic nitrogens is 1. The van der Waals surface area contributed by atoms with Crippen molar-refractivity contribution in [2.75, 3.05) is 14.1 Å². The summed E-state index contributed by atoms with van der Waals surface area (Å²) in [5, 5.41) is 3.77. The molecule has 0 bridgehead atoms. The van der Waals surface area contributed by atoms with Gasteiger partial charge < -0.3 is 4.52 Å². The Balaban J connectivity index is 2.79. The minimum Gasteiger partial charge on any atom is -0.361 e. The highest BCUT2D eigenvalue weighted by Gasteiger charge is 2.26. The van der Waals surface area contributed by atoms with Crippen LogP contribution in [-0.2, 0) is 16.8 Å². The van der Waals surface area contributed by atoms with Crippen LogP contribution in [0.1, 0.15) is 25.3 Å². The van der Waals surface area contributed by atoms with E-state index in [1.807, 2.05) is 13.8 Å². The molecule has 0 aromatic carbocycles. The van der Waals surface area contributed by atoms with Crippen LogP contribution in [0.2, 0.25) is 0 Å². The summed E-state index contributed by atoms with van der Waals surface area (Å²) in [7, 11) is -0.356. The maximum Gasteiger partial charge on any atom is 0.282 e. The van der Waals surface area contributed by atoms with Gasteiger partial charge in [-0.2, -0.15) is 17.0 Å². The van der Waals surface area contributed by atoms with E-state index in [0.717, 1.165) is 0 Å². The van der Waals surface area contributed by atoms with E-state index in [0.29, 0.717) is 11.5 Å². The van der Waals surface area contributed by atoms with Crippen molar-refractivity contribution in [3.63, 3.8) is 0 Å². The number of hydrogen-bond donors (Lipinski definition) is 0. The Hall–Kier alpha value is -0.920. The predicted molar refractivity (Wildman–Crippen MR) is 64.5 cm³/mol. The molecule has 0 unspecified atom stereocenters. The number of rotatable bonds is 5. The molecule has 0 aliphatic heterocycles. The molecule has 0 amide bonds. The Labute approximate surface area is 102 Å². The molecule has 0 atom stereocenters. The summed E-state index contributed by atoms with van der Waals surface area (Å²) in [6.07, 6.45) is 0. The van der Waals surface area contributed by atoms with Crippen molar-refractivity contribution in [2.24, 2.45) is 0 Å². The van der Waals surface area contributed by atoms with Crippen LogP contribution in [-0.4, -0.2) is 42.3 Å². The standard InChI is InChI=1S/C10H19N3O3S/c1-8(2)13(5)17(14,15)12(4)7-10-6-9(3)16-11-10/h6,8H,7H2,1-5H3. The molecule has 0 saturated heterocycles. The summed E-state index contributed by atoms with van der Waals surface area (Å²) in [5.41, 5.74) is 0.603. The zero-order valence-electron chi connectivity index (χ0n) is 10.8. The molecule has 0 aliphatic rings. The molecule has 0 fully saturated rings. The molecule has 7 heteroatoms. The molecule has 0 spiro atoms. The van der Waals surface area contributed by atoms with Crippen LogP contribution in [0.3, 0.4) is 0 Å². The maximum absolute atomic E-state index is 12.1. The quantitative estimate of drug-likeness (QED) is 0.793. The van der Waals surface area contributed by atoms with E-state index in [9.17, 15) is 8.42 Å². The average Bonchev–Trinajstić information content (AvgIpc) is 2.62. The van der Waals surface area contributed by atoms with Gasteiger partial charge in [-0.3, -0.25) is 0 Å². The van der Waals surface area contributed by atoms with Crippen LogP contribution in [0.25, 0.3) is 0 Å². The molecule has 98 valence electrons. The number of hydrogen-bond acceptors (Lipinski definition) is 4. The Morgan fingerprint density at radius 3 is 2.41 bits per heavy atom. The van der Waals surface area contributed by atoms with Gasteiger partial charge in [0.25, 0.3) is 10.2 Å². The molecule has 1 aromatic rings. The topological polar surface area (TPSA) is 66.7 Å². The first-order valence-corrected chi connectivity index (χ1v) is 6.76. The van der Waals surface area contributed by atoms with E-state index in [2.05, 4.69) is 5.16 Å². The monoisotopic (exact) mass is 261 g/mol. The molecular formula is C10H19N3O3S. The fourth-order valence-electron chi connectivity index (χ4n) is 1.29. The SMILES string of the molecule is Cc1cc(CN(C)S(=O)(=O)N(C)C(C)C)no1. The van der Waals surface area contributed by atoms with Gasteiger partial charge in [0.2, 0.25) is 0 Å². The highest BCUT2D eigenvalue weighted by Crippen LogP contribution is 2.12. The molecule has 0 aliphatic carbocycles. The Bertz CT molecular complexity index is 467. The van der Waals surface area contributed by atoms with Crippen LogP contribution < -0.4 is 0 Å². The Morgan fingerprint density at radius 1 is 1.41 bits per heavy atom. The lowest BCUT2D eigenvalue weighted by molar-refractivity contribution is 0.344. The van der Waals surface area contributed by atoms with Gasteiger partial charge in [-0.1, -0.05) is 5.16 Å². The molecule has 17 heavy (non-hydrogen) atoms. The minimum absolute atomic E-state index is 0.0819. The first kappa shape index (κ1) is 14.1. The van der Waals surface area contributed by atoms with E-state index >= 15 is 0 Å². The van der Waals surface area contributed by atoms with Gasteiger partial charge in [0.05, 0.1) is 12.2 Å². The van der Waals surface area contributed by atoms with Crippen molar-refractivity contribution in [2.45, 2.75) is 33.4 Å². The van der Waals surface area contributed by atoms with Crippen LogP contribution in [0, 0.1) is 6.92 Å². The molecule has 0 saturated carbocycles. The van der Waals surface area contributed by atoms with E-state index in [-0.39, 0.29) is 12.6 Å². The fourth-order valence-corrected chi connectivity index (χ4v) is 2.56. The Morgan fingerprint density at radius 2 is 2.00 bits per heavy atom. The summed E-state index contributed by atoms with van der Waals surface area (Å²) in [6.45, 7) is 5.62. The molecule has 0 N–H and O–H groups in total. The second-order valence-electron chi connectivity index (χ2n) is 4.30. The lowest BCUT2D eigenvalue weighted by Crippen LogP contribution is -2.42. The number of aryl methyl sites for hydroxylation is 1. The van der Waals surface area contributed by atoms with Crippen LogP contribution >= 0.6 is 0 Å². The van der Waals surface area contributed by atoms with Gasteiger partial charge in [0.1, 0.15) is 5.76 Å². The van der Waals surface area contributed by atoms with Gasteiger partial charge in [0.15, 0.2) is 0 Å². The third-order valence-corrected chi connectivity index (χ3v) is 4.61. The third kappa shape index (κ3) is 3.27.